The van der Waals surface area contributed by atoms with Gasteiger partial charge in [0.1, 0.15) is 0 Å². The molecule has 0 fully saturated rings. The van der Waals surface area contributed by atoms with Gasteiger partial charge in [-0.1, -0.05) is 41.7 Å². The number of amides is 2. The molecular weight excluding hydrogens is 298 g/mol. The van der Waals surface area contributed by atoms with E-state index in [-0.39, 0.29) is 11.8 Å². The van der Waals surface area contributed by atoms with Crippen molar-refractivity contribution >= 4 is 28.3 Å². The molecule has 0 saturated carbocycles. The average Bonchev–Trinajstić information content (AvgIpc) is 2.92. The normalized spacial score (nSPS) is 13.5. The smallest absolute Gasteiger partial charge is 0.321 e. The van der Waals surface area contributed by atoms with Crippen LogP contribution in [0.5, 0.6) is 0 Å². The second-order valence-corrected chi connectivity index (χ2v) is 6.19. The Labute approximate surface area is 132 Å². The number of Topliss-reactive ketones (excluding diaryl/α,β-unsaturated/α-hetero) is 1. The van der Waals surface area contributed by atoms with Gasteiger partial charge in [0.15, 0.2) is 10.9 Å². The van der Waals surface area contributed by atoms with Crippen molar-refractivity contribution in [3.05, 3.63) is 46.5 Å². The number of carbonyl (C=O) groups is 2. The second kappa shape index (κ2) is 6.70. The Kier molecular flexibility index (Phi) is 4.48. The lowest BCUT2D eigenvalue weighted by molar-refractivity contribution is 0.0976. The van der Waals surface area contributed by atoms with E-state index in [2.05, 4.69) is 15.6 Å². The maximum Gasteiger partial charge on any atom is 0.321 e. The summed E-state index contributed by atoms with van der Waals surface area (Å²) in [4.78, 5) is 28.6. The highest BCUT2D eigenvalue weighted by atomic mass is 32.1. The zero-order valence-corrected chi connectivity index (χ0v) is 12.9. The van der Waals surface area contributed by atoms with E-state index in [1.54, 1.807) is 0 Å². The number of ketones is 1. The van der Waals surface area contributed by atoms with Gasteiger partial charge in [0, 0.05) is 13.0 Å². The highest BCUT2D eigenvalue weighted by Gasteiger charge is 2.22. The number of hydrogen-bond acceptors (Lipinski definition) is 4. The quantitative estimate of drug-likeness (QED) is 0.911. The molecule has 0 spiro atoms. The Morgan fingerprint density at radius 3 is 2.82 bits per heavy atom. The molecule has 1 heterocycles. The number of aryl methyl sites for hydroxylation is 1. The average molecular weight is 315 g/mol. The van der Waals surface area contributed by atoms with Crippen LogP contribution in [0.15, 0.2) is 30.3 Å². The molecule has 1 aliphatic rings. The van der Waals surface area contributed by atoms with E-state index in [1.807, 2.05) is 30.3 Å². The van der Waals surface area contributed by atoms with Crippen molar-refractivity contribution in [3.8, 4) is 0 Å². The molecule has 1 aliphatic carbocycles. The summed E-state index contributed by atoms with van der Waals surface area (Å²) in [6, 6.07) is 9.70. The summed E-state index contributed by atoms with van der Waals surface area (Å²) in [5.41, 5.74) is 2.00. The number of urea groups is 1. The largest absolute Gasteiger partial charge is 0.337 e. The maximum atomic E-state index is 11.9. The lowest BCUT2D eigenvalue weighted by atomic mass is 10.0. The Morgan fingerprint density at radius 1 is 1.23 bits per heavy atom. The van der Waals surface area contributed by atoms with Crippen LogP contribution in [-0.4, -0.2) is 23.3 Å². The Morgan fingerprint density at radius 2 is 2.05 bits per heavy atom. The minimum Gasteiger partial charge on any atom is -0.337 e. The zero-order chi connectivity index (χ0) is 15.4. The number of aromatic nitrogens is 1. The molecule has 2 amide bonds. The van der Waals surface area contributed by atoms with Gasteiger partial charge in [-0.3, -0.25) is 10.1 Å². The molecular formula is C16H17N3O2S. The third-order valence-electron chi connectivity index (χ3n) is 3.53. The van der Waals surface area contributed by atoms with Crippen molar-refractivity contribution in [3.63, 3.8) is 0 Å². The SMILES string of the molecule is O=C(NCCc1ccccc1)Nc1nc2c(s1)C(=O)CCC2. The van der Waals surface area contributed by atoms with E-state index in [0.29, 0.717) is 23.0 Å². The molecule has 3 rings (SSSR count). The molecule has 22 heavy (non-hydrogen) atoms. The molecule has 0 atom stereocenters. The Hall–Kier alpha value is -2.21. The number of thiazole rings is 1. The van der Waals surface area contributed by atoms with Crippen molar-refractivity contribution in [2.75, 3.05) is 11.9 Å². The van der Waals surface area contributed by atoms with E-state index in [4.69, 9.17) is 0 Å². The summed E-state index contributed by atoms with van der Waals surface area (Å²) in [6.45, 7) is 0.555. The number of nitrogens with one attached hydrogen (secondary N) is 2. The number of benzene rings is 1. The van der Waals surface area contributed by atoms with Gasteiger partial charge in [-0.2, -0.15) is 0 Å². The van der Waals surface area contributed by atoms with Crippen molar-refractivity contribution in [2.24, 2.45) is 0 Å². The van der Waals surface area contributed by atoms with E-state index >= 15 is 0 Å². The first-order valence-electron chi connectivity index (χ1n) is 7.34. The van der Waals surface area contributed by atoms with Crippen LogP contribution in [0.3, 0.4) is 0 Å². The number of hydrogen-bond donors (Lipinski definition) is 2. The molecule has 0 radical (unpaired) electrons. The molecule has 6 heteroatoms. The Bertz CT molecular complexity index is 682. The fraction of sp³-hybridized carbons (Fsp3) is 0.312. The van der Waals surface area contributed by atoms with Crippen molar-refractivity contribution in [2.45, 2.75) is 25.7 Å². The molecule has 5 nitrogen and oxygen atoms in total. The molecule has 0 bridgehead atoms. The van der Waals surface area contributed by atoms with Gasteiger partial charge in [-0.15, -0.1) is 0 Å². The Balaban J connectivity index is 1.51. The number of anilines is 1. The predicted octanol–water partition coefficient (Wildman–Crippen LogP) is 3.03. The van der Waals surface area contributed by atoms with E-state index in [1.165, 1.54) is 16.9 Å². The van der Waals surface area contributed by atoms with Gasteiger partial charge in [0.2, 0.25) is 0 Å². The van der Waals surface area contributed by atoms with Crippen LogP contribution in [0.1, 0.15) is 33.8 Å². The summed E-state index contributed by atoms with van der Waals surface area (Å²) < 4.78 is 0. The summed E-state index contributed by atoms with van der Waals surface area (Å²) in [6.07, 6.45) is 3.02. The minimum atomic E-state index is -0.283. The molecule has 1 aromatic heterocycles. The van der Waals surface area contributed by atoms with Crippen molar-refractivity contribution < 1.29 is 9.59 Å². The fourth-order valence-corrected chi connectivity index (χ4v) is 3.40. The monoisotopic (exact) mass is 315 g/mol. The first-order valence-corrected chi connectivity index (χ1v) is 8.16. The first-order chi connectivity index (χ1) is 10.7. The summed E-state index contributed by atoms with van der Waals surface area (Å²) >= 11 is 1.27. The standard InChI is InChI=1S/C16H17N3O2S/c20-13-8-4-7-12-14(13)22-16(18-12)19-15(21)17-10-9-11-5-2-1-3-6-11/h1-3,5-6H,4,7-10H2,(H2,17,18,19,21). The third kappa shape index (κ3) is 3.51. The summed E-state index contributed by atoms with van der Waals surface area (Å²) in [5.74, 6) is 0.135. The predicted molar refractivity (Wildman–Crippen MR) is 86.5 cm³/mol. The molecule has 0 saturated heterocycles. The lowest BCUT2D eigenvalue weighted by Crippen LogP contribution is -2.30. The van der Waals surface area contributed by atoms with Gasteiger partial charge in [0.05, 0.1) is 10.6 Å². The van der Waals surface area contributed by atoms with Gasteiger partial charge < -0.3 is 5.32 Å². The number of carbonyl (C=O) groups excluding carboxylic acids is 2. The van der Waals surface area contributed by atoms with Crippen LogP contribution in [0.2, 0.25) is 0 Å². The van der Waals surface area contributed by atoms with E-state index in [9.17, 15) is 9.59 Å². The zero-order valence-electron chi connectivity index (χ0n) is 12.1. The number of fused-ring (bicyclic) bond motifs is 1. The van der Waals surface area contributed by atoms with Gasteiger partial charge in [0.25, 0.3) is 0 Å². The second-order valence-electron chi connectivity index (χ2n) is 5.19. The van der Waals surface area contributed by atoms with Crippen LogP contribution in [0, 0.1) is 0 Å². The number of nitrogens with zero attached hydrogens (tertiary/aromatic N) is 1. The van der Waals surface area contributed by atoms with E-state index < -0.39 is 0 Å². The van der Waals surface area contributed by atoms with Gasteiger partial charge in [-0.05, 0) is 24.8 Å². The summed E-state index contributed by atoms with van der Waals surface area (Å²) in [7, 11) is 0. The van der Waals surface area contributed by atoms with Gasteiger partial charge >= 0.3 is 6.03 Å². The highest BCUT2D eigenvalue weighted by molar-refractivity contribution is 7.17. The fourth-order valence-electron chi connectivity index (χ4n) is 2.43. The number of rotatable bonds is 4. The van der Waals surface area contributed by atoms with Crippen LogP contribution in [-0.2, 0) is 12.8 Å². The van der Waals surface area contributed by atoms with Crippen LogP contribution < -0.4 is 10.6 Å². The molecule has 1 aromatic carbocycles. The molecule has 114 valence electrons. The van der Waals surface area contributed by atoms with Crippen molar-refractivity contribution in [1.29, 1.82) is 0 Å². The van der Waals surface area contributed by atoms with Crippen molar-refractivity contribution in [1.82, 2.24) is 10.3 Å². The van der Waals surface area contributed by atoms with E-state index in [0.717, 1.165) is 25.0 Å². The maximum absolute atomic E-state index is 11.9. The molecule has 2 aromatic rings. The van der Waals surface area contributed by atoms with Crippen LogP contribution in [0.25, 0.3) is 0 Å². The molecule has 0 aliphatic heterocycles. The lowest BCUT2D eigenvalue weighted by Gasteiger charge is -2.06. The molecule has 2 N–H and O–H groups in total. The summed E-state index contributed by atoms with van der Waals surface area (Å²) in [5, 5.41) is 6.01. The van der Waals surface area contributed by atoms with Gasteiger partial charge in [-0.25, -0.2) is 9.78 Å². The van der Waals surface area contributed by atoms with Crippen LogP contribution >= 0.6 is 11.3 Å². The third-order valence-corrected chi connectivity index (χ3v) is 4.58. The first kappa shape index (κ1) is 14.7. The minimum absolute atomic E-state index is 0.135. The topological polar surface area (TPSA) is 71.1 Å². The molecule has 0 unspecified atom stereocenters. The highest BCUT2D eigenvalue weighted by Crippen LogP contribution is 2.29. The van der Waals surface area contributed by atoms with Crippen LogP contribution in [0.4, 0.5) is 9.93 Å².